The van der Waals surface area contributed by atoms with Gasteiger partial charge in [0.05, 0.1) is 0 Å². The fourth-order valence-electron chi connectivity index (χ4n) is 2.10. The fourth-order valence-corrected chi connectivity index (χ4v) is 2.10. The molecule has 0 atom stereocenters. The van der Waals surface area contributed by atoms with Crippen LogP contribution < -0.4 is 0 Å². The van der Waals surface area contributed by atoms with E-state index in [2.05, 4.69) is 49.2 Å². The molecule has 1 nitrogen and oxygen atoms in total. The van der Waals surface area contributed by atoms with Crippen molar-refractivity contribution in [1.82, 2.24) is 4.98 Å². The Hall–Kier alpha value is -1.63. The quantitative estimate of drug-likeness (QED) is 0.757. The van der Waals surface area contributed by atoms with Crippen LogP contribution in [0.1, 0.15) is 42.1 Å². The summed E-state index contributed by atoms with van der Waals surface area (Å²) in [6.45, 7) is 4.36. The van der Waals surface area contributed by atoms with Gasteiger partial charge in [-0.15, -0.1) is 0 Å². The summed E-state index contributed by atoms with van der Waals surface area (Å²) in [5.74, 6) is 0. The minimum atomic E-state index is 0.931. The zero-order valence-corrected chi connectivity index (χ0v) is 11.3. The largest absolute Gasteiger partial charge is 0.261 e. The van der Waals surface area contributed by atoms with Gasteiger partial charge in [-0.1, -0.05) is 43.7 Å². The molecule has 0 bridgehead atoms. The lowest BCUT2D eigenvalue weighted by molar-refractivity contribution is 0.794. The van der Waals surface area contributed by atoms with Crippen LogP contribution in [0.5, 0.6) is 0 Å². The summed E-state index contributed by atoms with van der Waals surface area (Å²) in [4.78, 5) is 4.45. The van der Waals surface area contributed by atoms with Gasteiger partial charge < -0.3 is 0 Å². The Kier molecular flexibility index (Phi) is 4.52. The molecule has 0 aliphatic rings. The molecule has 0 saturated heterocycles. The second-order valence-electron chi connectivity index (χ2n) is 4.86. The molecule has 2 rings (SSSR count). The van der Waals surface area contributed by atoms with Crippen LogP contribution in [0, 0.1) is 6.92 Å². The zero-order chi connectivity index (χ0) is 12.8. The maximum absolute atomic E-state index is 4.45. The van der Waals surface area contributed by atoms with Crippen molar-refractivity contribution in [3.63, 3.8) is 0 Å². The molecule has 0 unspecified atom stereocenters. The number of aryl methyl sites for hydroxylation is 2. The smallest absolute Gasteiger partial charge is 0.0476 e. The Bertz CT molecular complexity index is 485. The normalized spacial score (nSPS) is 10.6. The van der Waals surface area contributed by atoms with Gasteiger partial charge in [-0.2, -0.15) is 0 Å². The van der Waals surface area contributed by atoms with Crippen molar-refractivity contribution >= 4 is 0 Å². The van der Waals surface area contributed by atoms with Gasteiger partial charge in [0, 0.05) is 18.3 Å². The lowest BCUT2D eigenvalue weighted by Gasteiger charge is -2.06. The summed E-state index contributed by atoms with van der Waals surface area (Å²) in [5, 5.41) is 0. The third-order valence-electron chi connectivity index (χ3n) is 3.33. The highest BCUT2D eigenvalue weighted by atomic mass is 14.7. The molecule has 0 spiro atoms. The van der Waals surface area contributed by atoms with E-state index in [1.54, 1.807) is 0 Å². The molecule has 0 amide bonds. The van der Waals surface area contributed by atoms with Gasteiger partial charge in [0.25, 0.3) is 0 Å². The lowest BCUT2D eigenvalue weighted by atomic mass is 10.0. The first-order valence-corrected chi connectivity index (χ1v) is 6.78. The van der Waals surface area contributed by atoms with Gasteiger partial charge in [-0.3, -0.25) is 4.98 Å². The van der Waals surface area contributed by atoms with Gasteiger partial charge >= 0.3 is 0 Å². The molecular formula is C17H21N. The number of nitrogens with zero attached hydrogens (tertiary/aromatic N) is 1. The Morgan fingerprint density at radius 3 is 2.39 bits per heavy atom. The Labute approximate surface area is 110 Å². The molecule has 94 valence electrons. The van der Waals surface area contributed by atoms with E-state index in [1.165, 1.54) is 41.6 Å². The molecule has 1 heteroatoms. The minimum absolute atomic E-state index is 0.931. The highest BCUT2D eigenvalue weighted by Gasteiger charge is 2.01. The fraction of sp³-hybridized carbons (Fsp3) is 0.353. The van der Waals surface area contributed by atoms with Crippen molar-refractivity contribution in [2.75, 3.05) is 0 Å². The Morgan fingerprint density at radius 1 is 1.00 bits per heavy atom. The molecule has 0 aliphatic carbocycles. The van der Waals surface area contributed by atoms with Crippen LogP contribution in [0.2, 0.25) is 0 Å². The first kappa shape index (κ1) is 12.8. The number of hydrogen-bond donors (Lipinski definition) is 0. The molecule has 0 aliphatic heterocycles. The van der Waals surface area contributed by atoms with Crippen molar-refractivity contribution in [1.29, 1.82) is 0 Å². The van der Waals surface area contributed by atoms with Crippen LogP contribution in [0.25, 0.3) is 0 Å². The third kappa shape index (κ3) is 3.43. The first-order chi connectivity index (χ1) is 8.79. The van der Waals surface area contributed by atoms with Crippen molar-refractivity contribution < 1.29 is 0 Å². The molecular weight excluding hydrogens is 218 g/mol. The molecule has 1 aromatic carbocycles. The van der Waals surface area contributed by atoms with E-state index < -0.39 is 0 Å². The third-order valence-corrected chi connectivity index (χ3v) is 3.33. The molecule has 2 aromatic rings. The highest BCUT2D eigenvalue weighted by molar-refractivity contribution is 5.29. The summed E-state index contributed by atoms with van der Waals surface area (Å²) in [7, 11) is 0. The van der Waals surface area contributed by atoms with Crippen molar-refractivity contribution in [3.05, 3.63) is 65.0 Å². The number of pyridine rings is 1. The average Bonchev–Trinajstić information content (AvgIpc) is 2.41. The van der Waals surface area contributed by atoms with E-state index in [4.69, 9.17) is 0 Å². The highest BCUT2D eigenvalue weighted by Crippen LogP contribution is 2.13. The predicted octanol–water partition coefficient (Wildman–Crippen LogP) is 4.32. The molecule has 0 N–H and O–H groups in total. The summed E-state index contributed by atoms with van der Waals surface area (Å²) in [5.41, 5.74) is 5.24. The van der Waals surface area contributed by atoms with Crippen LogP contribution in [-0.2, 0) is 12.8 Å². The number of rotatable bonds is 5. The van der Waals surface area contributed by atoms with Crippen molar-refractivity contribution in [3.8, 4) is 0 Å². The van der Waals surface area contributed by atoms with Gasteiger partial charge in [0.15, 0.2) is 0 Å². The molecule has 18 heavy (non-hydrogen) atoms. The van der Waals surface area contributed by atoms with Gasteiger partial charge in [-0.25, -0.2) is 0 Å². The summed E-state index contributed by atoms with van der Waals surface area (Å²) in [6.07, 6.45) is 6.53. The predicted molar refractivity (Wildman–Crippen MR) is 76.8 cm³/mol. The van der Waals surface area contributed by atoms with Crippen LogP contribution >= 0.6 is 0 Å². The molecule has 0 radical (unpaired) electrons. The number of hydrogen-bond acceptors (Lipinski definition) is 1. The van der Waals surface area contributed by atoms with E-state index in [0.717, 1.165) is 6.42 Å². The number of unbranched alkanes of at least 4 members (excludes halogenated alkanes) is 1. The monoisotopic (exact) mass is 239 g/mol. The molecule has 1 heterocycles. The van der Waals surface area contributed by atoms with E-state index in [-0.39, 0.29) is 0 Å². The molecule has 1 aromatic heterocycles. The second kappa shape index (κ2) is 6.34. The average molecular weight is 239 g/mol. The van der Waals surface area contributed by atoms with Gasteiger partial charge in [-0.05, 0) is 42.5 Å². The molecule has 0 saturated carbocycles. The van der Waals surface area contributed by atoms with Crippen LogP contribution in [0.4, 0.5) is 0 Å². The molecule has 0 fully saturated rings. The topological polar surface area (TPSA) is 12.9 Å². The van der Waals surface area contributed by atoms with E-state index in [0.29, 0.717) is 0 Å². The summed E-state index contributed by atoms with van der Waals surface area (Å²) >= 11 is 0. The lowest BCUT2D eigenvalue weighted by Crippen LogP contribution is -1.95. The minimum Gasteiger partial charge on any atom is -0.261 e. The van der Waals surface area contributed by atoms with E-state index in [9.17, 15) is 0 Å². The van der Waals surface area contributed by atoms with Crippen molar-refractivity contribution in [2.45, 2.75) is 39.5 Å². The summed E-state index contributed by atoms with van der Waals surface area (Å²) in [6, 6.07) is 13.1. The van der Waals surface area contributed by atoms with Crippen LogP contribution in [0.15, 0.2) is 42.6 Å². The standard InChI is InChI=1S/C17H21N/c1-3-4-7-15-8-10-16(11-9-15)13-17-14(2)6-5-12-18-17/h5-6,8-12H,3-4,7,13H2,1-2H3. The first-order valence-electron chi connectivity index (χ1n) is 6.78. The Balaban J connectivity index is 2.04. The zero-order valence-electron chi connectivity index (χ0n) is 11.3. The van der Waals surface area contributed by atoms with E-state index in [1.807, 2.05) is 12.3 Å². The SMILES string of the molecule is CCCCc1ccc(Cc2ncccc2C)cc1. The number of aromatic nitrogens is 1. The van der Waals surface area contributed by atoms with Crippen molar-refractivity contribution in [2.24, 2.45) is 0 Å². The van der Waals surface area contributed by atoms with Gasteiger partial charge in [0.2, 0.25) is 0 Å². The maximum atomic E-state index is 4.45. The maximum Gasteiger partial charge on any atom is 0.0476 e. The van der Waals surface area contributed by atoms with E-state index >= 15 is 0 Å². The second-order valence-corrected chi connectivity index (χ2v) is 4.86. The van der Waals surface area contributed by atoms with Gasteiger partial charge in [0.1, 0.15) is 0 Å². The van der Waals surface area contributed by atoms with Crippen LogP contribution in [-0.4, -0.2) is 4.98 Å². The van der Waals surface area contributed by atoms with Crippen LogP contribution in [0.3, 0.4) is 0 Å². The Morgan fingerprint density at radius 2 is 1.72 bits per heavy atom. The summed E-state index contributed by atoms with van der Waals surface area (Å²) < 4.78 is 0. The number of benzene rings is 1.